The summed E-state index contributed by atoms with van der Waals surface area (Å²) in [4.78, 5) is 6.97. The molecule has 1 aromatic heterocycles. The normalized spacial score (nSPS) is 15.7. The molecular formula is C16H25ClN2O. The lowest BCUT2D eigenvalue weighted by atomic mass is 9.91. The van der Waals surface area contributed by atoms with Gasteiger partial charge in [0.05, 0.1) is 5.69 Å². The summed E-state index contributed by atoms with van der Waals surface area (Å²) in [6.45, 7) is 8.08. The average molecular weight is 297 g/mol. The van der Waals surface area contributed by atoms with Crippen molar-refractivity contribution in [2.45, 2.75) is 50.9 Å². The molecule has 1 heterocycles. The third-order valence-electron chi connectivity index (χ3n) is 3.65. The van der Waals surface area contributed by atoms with E-state index < -0.39 is 0 Å². The van der Waals surface area contributed by atoms with Crippen molar-refractivity contribution in [2.75, 3.05) is 20.2 Å². The average Bonchev–Trinajstić information content (AvgIpc) is 3.21. The van der Waals surface area contributed by atoms with Crippen LogP contribution in [0.25, 0.3) is 0 Å². The van der Waals surface area contributed by atoms with Crippen molar-refractivity contribution in [3.8, 4) is 5.88 Å². The number of likely N-dealkylation sites (N-methyl/N-ethyl adjacent to an activating group) is 1. The fraction of sp³-hybridized carbons (Fsp3) is 0.688. The Morgan fingerprint density at radius 3 is 2.60 bits per heavy atom. The fourth-order valence-electron chi connectivity index (χ4n) is 2.09. The standard InChI is InChI=1S/C16H25ClN2O/c1-16(2,3)14-9-12(11-17)10-15(18-14)20-8-7-19(4)13-5-6-13/h9-10,13H,5-8,11H2,1-4H3. The summed E-state index contributed by atoms with van der Waals surface area (Å²) in [5, 5.41) is 0. The molecule has 1 aromatic rings. The van der Waals surface area contributed by atoms with Crippen molar-refractivity contribution in [2.24, 2.45) is 0 Å². The quantitative estimate of drug-likeness (QED) is 0.750. The Labute approximate surface area is 127 Å². The molecule has 0 aromatic carbocycles. The second-order valence-electron chi connectivity index (χ2n) is 6.64. The molecule has 0 saturated heterocycles. The Kier molecular flexibility index (Phi) is 4.92. The molecule has 0 bridgehead atoms. The van der Waals surface area contributed by atoms with Crippen LogP contribution in [0.4, 0.5) is 0 Å². The number of halogens is 1. The van der Waals surface area contributed by atoms with E-state index in [0.717, 1.165) is 23.8 Å². The van der Waals surface area contributed by atoms with Gasteiger partial charge in [-0.2, -0.15) is 0 Å². The van der Waals surface area contributed by atoms with Gasteiger partial charge in [0.1, 0.15) is 6.61 Å². The molecule has 0 aliphatic heterocycles. The summed E-state index contributed by atoms with van der Waals surface area (Å²) >= 11 is 5.96. The molecule has 0 spiro atoms. The van der Waals surface area contributed by atoms with E-state index in [1.807, 2.05) is 6.07 Å². The minimum Gasteiger partial charge on any atom is -0.476 e. The Balaban J connectivity index is 1.98. The van der Waals surface area contributed by atoms with E-state index in [9.17, 15) is 0 Å². The molecule has 112 valence electrons. The van der Waals surface area contributed by atoms with Crippen LogP contribution in [-0.4, -0.2) is 36.1 Å². The highest BCUT2D eigenvalue weighted by molar-refractivity contribution is 6.17. The van der Waals surface area contributed by atoms with Crippen molar-refractivity contribution in [3.63, 3.8) is 0 Å². The zero-order valence-electron chi connectivity index (χ0n) is 12.9. The summed E-state index contributed by atoms with van der Waals surface area (Å²) < 4.78 is 5.82. The number of alkyl halides is 1. The summed E-state index contributed by atoms with van der Waals surface area (Å²) in [5.41, 5.74) is 2.10. The van der Waals surface area contributed by atoms with Crippen molar-refractivity contribution in [1.82, 2.24) is 9.88 Å². The van der Waals surface area contributed by atoms with Gasteiger partial charge in [-0.25, -0.2) is 4.98 Å². The number of ether oxygens (including phenoxy) is 1. The molecule has 1 aliphatic carbocycles. The first-order chi connectivity index (χ1) is 9.40. The van der Waals surface area contributed by atoms with Crippen LogP contribution >= 0.6 is 11.6 Å². The van der Waals surface area contributed by atoms with Crippen molar-refractivity contribution in [1.29, 1.82) is 0 Å². The zero-order chi connectivity index (χ0) is 14.8. The Bertz CT molecular complexity index is 452. The monoisotopic (exact) mass is 296 g/mol. The lowest BCUT2D eigenvalue weighted by Crippen LogP contribution is -2.26. The van der Waals surface area contributed by atoms with Gasteiger partial charge in [-0.3, -0.25) is 0 Å². The van der Waals surface area contributed by atoms with Gasteiger partial charge in [0.25, 0.3) is 0 Å². The summed E-state index contributed by atoms with van der Waals surface area (Å²) in [6, 6.07) is 4.78. The predicted molar refractivity (Wildman–Crippen MR) is 83.6 cm³/mol. The van der Waals surface area contributed by atoms with Crippen LogP contribution in [0.2, 0.25) is 0 Å². The largest absolute Gasteiger partial charge is 0.476 e. The van der Waals surface area contributed by atoms with Gasteiger partial charge in [0.2, 0.25) is 5.88 Å². The second kappa shape index (κ2) is 6.31. The lowest BCUT2D eigenvalue weighted by molar-refractivity contribution is 0.225. The molecule has 3 nitrogen and oxygen atoms in total. The number of nitrogens with zero attached hydrogens (tertiary/aromatic N) is 2. The number of rotatable bonds is 6. The maximum atomic E-state index is 5.96. The fourth-order valence-corrected chi connectivity index (χ4v) is 2.24. The third kappa shape index (κ3) is 4.35. The summed E-state index contributed by atoms with van der Waals surface area (Å²) in [7, 11) is 2.16. The molecule has 1 aliphatic rings. The number of hydrogen-bond donors (Lipinski definition) is 0. The van der Waals surface area contributed by atoms with Gasteiger partial charge in [0, 0.05) is 29.9 Å². The summed E-state index contributed by atoms with van der Waals surface area (Å²) in [6.07, 6.45) is 2.65. The van der Waals surface area contributed by atoms with E-state index in [4.69, 9.17) is 16.3 Å². The maximum absolute atomic E-state index is 5.96. The highest BCUT2D eigenvalue weighted by Crippen LogP contribution is 2.26. The molecule has 1 fully saturated rings. The minimum atomic E-state index is 0.00494. The molecule has 20 heavy (non-hydrogen) atoms. The zero-order valence-corrected chi connectivity index (χ0v) is 13.7. The Morgan fingerprint density at radius 1 is 1.35 bits per heavy atom. The van der Waals surface area contributed by atoms with Gasteiger partial charge in [0.15, 0.2) is 0 Å². The third-order valence-corrected chi connectivity index (χ3v) is 3.96. The van der Waals surface area contributed by atoms with Crippen LogP contribution in [-0.2, 0) is 11.3 Å². The molecule has 0 radical (unpaired) electrons. The van der Waals surface area contributed by atoms with Crippen LogP contribution in [0.15, 0.2) is 12.1 Å². The number of aromatic nitrogens is 1. The molecule has 0 unspecified atom stereocenters. The number of pyridine rings is 1. The smallest absolute Gasteiger partial charge is 0.213 e. The maximum Gasteiger partial charge on any atom is 0.213 e. The first-order valence-electron chi connectivity index (χ1n) is 7.30. The van der Waals surface area contributed by atoms with Crippen LogP contribution in [0, 0.1) is 0 Å². The van der Waals surface area contributed by atoms with E-state index in [2.05, 4.69) is 43.8 Å². The van der Waals surface area contributed by atoms with Crippen molar-refractivity contribution < 1.29 is 4.74 Å². The highest BCUT2D eigenvalue weighted by atomic mass is 35.5. The molecule has 0 amide bonds. The van der Waals surface area contributed by atoms with Crippen LogP contribution in [0.3, 0.4) is 0 Å². The van der Waals surface area contributed by atoms with Crippen LogP contribution in [0.5, 0.6) is 5.88 Å². The SMILES string of the molecule is CN(CCOc1cc(CCl)cc(C(C)(C)C)n1)C1CC1. The molecular weight excluding hydrogens is 272 g/mol. The minimum absolute atomic E-state index is 0.00494. The first kappa shape index (κ1) is 15.6. The van der Waals surface area contributed by atoms with E-state index in [1.165, 1.54) is 12.8 Å². The van der Waals surface area contributed by atoms with Crippen LogP contribution in [0.1, 0.15) is 44.9 Å². The van der Waals surface area contributed by atoms with Gasteiger partial charge < -0.3 is 9.64 Å². The van der Waals surface area contributed by atoms with Gasteiger partial charge >= 0.3 is 0 Å². The number of hydrogen-bond acceptors (Lipinski definition) is 3. The van der Waals surface area contributed by atoms with Gasteiger partial charge in [-0.15, -0.1) is 11.6 Å². The van der Waals surface area contributed by atoms with Crippen molar-refractivity contribution >= 4 is 11.6 Å². The molecule has 0 N–H and O–H groups in total. The van der Waals surface area contributed by atoms with E-state index in [1.54, 1.807) is 0 Å². The van der Waals surface area contributed by atoms with Crippen molar-refractivity contribution in [3.05, 3.63) is 23.4 Å². The summed E-state index contributed by atoms with van der Waals surface area (Å²) in [5.74, 6) is 1.18. The Hall–Kier alpha value is -0.800. The molecule has 4 heteroatoms. The molecule has 2 rings (SSSR count). The molecule has 1 saturated carbocycles. The first-order valence-corrected chi connectivity index (χ1v) is 7.84. The van der Waals surface area contributed by atoms with E-state index >= 15 is 0 Å². The lowest BCUT2D eigenvalue weighted by Gasteiger charge is -2.20. The predicted octanol–water partition coefficient (Wildman–Crippen LogP) is 3.59. The second-order valence-corrected chi connectivity index (χ2v) is 6.91. The van der Waals surface area contributed by atoms with Gasteiger partial charge in [-0.1, -0.05) is 20.8 Å². The van der Waals surface area contributed by atoms with E-state index in [0.29, 0.717) is 18.4 Å². The molecule has 0 atom stereocenters. The topological polar surface area (TPSA) is 25.4 Å². The Morgan fingerprint density at radius 2 is 2.05 bits per heavy atom. The van der Waals surface area contributed by atoms with E-state index in [-0.39, 0.29) is 5.41 Å². The van der Waals surface area contributed by atoms with Crippen LogP contribution < -0.4 is 4.74 Å². The van der Waals surface area contributed by atoms with Gasteiger partial charge in [-0.05, 0) is 31.5 Å². The highest BCUT2D eigenvalue weighted by Gasteiger charge is 2.25.